The van der Waals surface area contributed by atoms with Gasteiger partial charge >= 0.3 is 6.01 Å². The highest BCUT2D eigenvalue weighted by Gasteiger charge is 2.03. The average Bonchev–Trinajstić information content (AvgIpc) is 2.54. The van der Waals surface area contributed by atoms with Gasteiger partial charge in [-0.3, -0.25) is 0 Å². The molecule has 0 fully saturated rings. The third-order valence-electron chi connectivity index (χ3n) is 1.46. The van der Waals surface area contributed by atoms with Gasteiger partial charge in [-0.2, -0.15) is 0 Å². The third kappa shape index (κ3) is 2.06. The molecule has 4 nitrogen and oxygen atoms in total. The van der Waals surface area contributed by atoms with Gasteiger partial charge in [0.05, 0.1) is 0 Å². The van der Waals surface area contributed by atoms with Crippen LogP contribution in [0, 0.1) is 0 Å². The SMILES string of the molecule is Br.Nc1nnc(-c2ccccc2)o1. The minimum absolute atomic E-state index is 0. The van der Waals surface area contributed by atoms with E-state index in [1.165, 1.54) is 0 Å². The van der Waals surface area contributed by atoms with Crippen molar-refractivity contribution < 1.29 is 4.42 Å². The maximum atomic E-state index is 5.28. The number of hydrogen-bond acceptors (Lipinski definition) is 4. The zero-order valence-electron chi connectivity index (χ0n) is 6.68. The van der Waals surface area contributed by atoms with Crippen LogP contribution >= 0.6 is 17.0 Å². The molecule has 1 aromatic carbocycles. The standard InChI is InChI=1S/C8H7N3O.BrH/c9-8-11-10-7(12-8)6-4-2-1-3-5-6;/h1-5H,(H2,9,11);1H. The van der Waals surface area contributed by atoms with Crippen LogP contribution in [0.5, 0.6) is 0 Å². The predicted molar refractivity (Wildman–Crippen MR) is 54.5 cm³/mol. The van der Waals surface area contributed by atoms with Gasteiger partial charge in [0.1, 0.15) is 0 Å². The van der Waals surface area contributed by atoms with Crippen molar-refractivity contribution in [2.24, 2.45) is 0 Å². The van der Waals surface area contributed by atoms with Crippen molar-refractivity contribution in [2.45, 2.75) is 0 Å². The summed E-state index contributed by atoms with van der Waals surface area (Å²) < 4.78 is 5.03. The van der Waals surface area contributed by atoms with E-state index in [1.54, 1.807) is 0 Å². The molecule has 1 aromatic heterocycles. The third-order valence-corrected chi connectivity index (χ3v) is 1.46. The molecule has 0 aliphatic rings. The topological polar surface area (TPSA) is 64.9 Å². The van der Waals surface area contributed by atoms with Gasteiger partial charge in [-0.15, -0.1) is 22.1 Å². The van der Waals surface area contributed by atoms with Gasteiger partial charge in [-0.1, -0.05) is 23.3 Å². The summed E-state index contributed by atoms with van der Waals surface area (Å²) >= 11 is 0. The molecule has 68 valence electrons. The average molecular weight is 242 g/mol. The molecule has 0 spiro atoms. The van der Waals surface area contributed by atoms with E-state index in [2.05, 4.69) is 10.2 Å². The van der Waals surface area contributed by atoms with E-state index >= 15 is 0 Å². The zero-order chi connectivity index (χ0) is 8.39. The maximum Gasteiger partial charge on any atom is 0.313 e. The number of hydrogen-bond donors (Lipinski definition) is 1. The summed E-state index contributed by atoms with van der Waals surface area (Å²) in [6, 6.07) is 9.57. The Bertz CT molecular complexity index is 374. The number of nitrogens with two attached hydrogens (primary N) is 1. The molecule has 0 saturated heterocycles. The number of aromatic nitrogens is 2. The van der Waals surface area contributed by atoms with E-state index in [9.17, 15) is 0 Å². The molecule has 1 heterocycles. The molecule has 2 N–H and O–H groups in total. The highest BCUT2D eigenvalue weighted by atomic mass is 79.9. The summed E-state index contributed by atoms with van der Waals surface area (Å²) in [6.45, 7) is 0. The lowest BCUT2D eigenvalue weighted by atomic mass is 10.2. The Morgan fingerprint density at radius 2 is 1.77 bits per heavy atom. The van der Waals surface area contributed by atoms with Crippen LogP contribution in [-0.4, -0.2) is 10.2 Å². The van der Waals surface area contributed by atoms with Crippen LogP contribution in [0.1, 0.15) is 0 Å². The van der Waals surface area contributed by atoms with Gasteiger partial charge in [0, 0.05) is 5.56 Å². The fourth-order valence-electron chi connectivity index (χ4n) is 0.932. The minimum atomic E-state index is 0. The highest BCUT2D eigenvalue weighted by Crippen LogP contribution is 2.16. The summed E-state index contributed by atoms with van der Waals surface area (Å²) in [5.74, 6) is 0.452. The van der Waals surface area contributed by atoms with Crippen LogP contribution in [0.4, 0.5) is 6.01 Å². The van der Waals surface area contributed by atoms with Gasteiger partial charge in [-0.05, 0) is 12.1 Å². The van der Waals surface area contributed by atoms with Crippen molar-refractivity contribution >= 4 is 23.0 Å². The minimum Gasteiger partial charge on any atom is -0.404 e. The first kappa shape index (κ1) is 9.73. The summed E-state index contributed by atoms with van der Waals surface area (Å²) in [7, 11) is 0. The van der Waals surface area contributed by atoms with Crippen LogP contribution in [0.25, 0.3) is 11.5 Å². The first-order chi connectivity index (χ1) is 5.86. The van der Waals surface area contributed by atoms with Crippen LogP contribution in [0.15, 0.2) is 34.7 Å². The molecule has 0 bridgehead atoms. The lowest BCUT2D eigenvalue weighted by Gasteiger charge is -1.90. The van der Waals surface area contributed by atoms with E-state index in [0.29, 0.717) is 5.89 Å². The fraction of sp³-hybridized carbons (Fsp3) is 0. The Morgan fingerprint density at radius 3 is 2.31 bits per heavy atom. The highest BCUT2D eigenvalue weighted by molar-refractivity contribution is 8.93. The quantitative estimate of drug-likeness (QED) is 0.829. The normalized spacial score (nSPS) is 9.23. The van der Waals surface area contributed by atoms with Gasteiger partial charge in [-0.25, -0.2) is 0 Å². The molecule has 13 heavy (non-hydrogen) atoms. The lowest BCUT2D eigenvalue weighted by molar-refractivity contribution is 0.590. The van der Waals surface area contributed by atoms with Crippen LogP contribution in [0.2, 0.25) is 0 Å². The molecule has 0 radical (unpaired) electrons. The second-order valence-electron chi connectivity index (χ2n) is 2.31. The number of nitrogen functional groups attached to an aromatic ring is 1. The smallest absolute Gasteiger partial charge is 0.313 e. The van der Waals surface area contributed by atoms with E-state index in [0.717, 1.165) is 5.56 Å². The van der Waals surface area contributed by atoms with Crippen molar-refractivity contribution in [3.63, 3.8) is 0 Å². The van der Waals surface area contributed by atoms with Gasteiger partial charge in [0.15, 0.2) is 0 Å². The fourth-order valence-corrected chi connectivity index (χ4v) is 0.932. The van der Waals surface area contributed by atoms with Crippen LogP contribution in [0.3, 0.4) is 0 Å². The molecule has 2 aromatic rings. The van der Waals surface area contributed by atoms with Crippen molar-refractivity contribution in [2.75, 3.05) is 5.73 Å². The molecule has 0 amide bonds. The Kier molecular flexibility index (Phi) is 3.02. The first-order valence-corrected chi connectivity index (χ1v) is 3.50. The predicted octanol–water partition coefficient (Wildman–Crippen LogP) is 1.90. The Balaban J connectivity index is 0.000000845. The molecular weight excluding hydrogens is 234 g/mol. The first-order valence-electron chi connectivity index (χ1n) is 3.50. The van der Waals surface area contributed by atoms with Crippen LogP contribution in [-0.2, 0) is 0 Å². The van der Waals surface area contributed by atoms with Crippen molar-refractivity contribution in [3.05, 3.63) is 30.3 Å². The molecule has 0 aliphatic heterocycles. The van der Waals surface area contributed by atoms with Crippen LogP contribution < -0.4 is 5.73 Å². The summed E-state index contributed by atoms with van der Waals surface area (Å²) in [5.41, 5.74) is 6.15. The second-order valence-corrected chi connectivity index (χ2v) is 2.31. The van der Waals surface area contributed by atoms with Crippen molar-refractivity contribution in [1.82, 2.24) is 10.2 Å². The zero-order valence-corrected chi connectivity index (χ0v) is 8.39. The molecule has 5 heteroatoms. The molecule has 0 atom stereocenters. The van der Waals surface area contributed by atoms with Crippen molar-refractivity contribution in [1.29, 1.82) is 0 Å². The maximum absolute atomic E-state index is 5.28. The molecule has 0 aliphatic carbocycles. The second kappa shape index (κ2) is 4.04. The lowest BCUT2D eigenvalue weighted by Crippen LogP contribution is -1.81. The molecule has 2 rings (SSSR count). The van der Waals surface area contributed by atoms with E-state index in [1.807, 2.05) is 30.3 Å². The molecule has 0 saturated carbocycles. The largest absolute Gasteiger partial charge is 0.404 e. The Morgan fingerprint density at radius 1 is 1.08 bits per heavy atom. The van der Waals surface area contributed by atoms with E-state index in [-0.39, 0.29) is 23.0 Å². The summed E-state index contributed by atoms with van der Waals surface area (Å²) in [4.78, 5) is 0. The molecular formula is C8H8BrN3O. The Hall–Kier alpha value is -1.36. The van der Waals surface area contributed by atoms with Gasteiger partial charge in [0.25, 0.3) is 0 Å². The number of benzene rings is 1. The Labute approximate surface area is 85.5 Å². The van der Waals surface area contributed by atoms with Gasteiger partial charge < -0.3 is 10.2 Å². The van der Waals surface area contributed by atoms with E-state index < -0.39 is 0 Å². The van der Waals surface area contributed by atoms with Gasteiger partial charge in [0.2, 0.25) is 5.89 Å². The number of anilines is 1. The number of rotatable bonds is 1. The molecule has 0 unspecified atom stereocenters. The monoisotopic (exact) mass is 241 g/mol. The number of nitrogens with zero attached hydrogens (tertiary/aromatic N) is 2. The summed E-state index contributed by atoms with van der Waals surface area (Å²) in [6.07, 6.45) is 0. The summed E-state index contributed by atoms with van der Waals surface area (Å²) in [5, 5.41) is 7.30. The number of halogens is 1. The van der Waals surface area contributed by atoms with E-state index in [4.69, 9.17) is 10.2 Å². The van der Waals surface area contributed by atoms with Crippen molar-refractivity contribution in [3.8, 4) is 11.5 Å².